The van der Waals surface area contributed by atoms with E-state index in [4.69, 9.17) is 4.99 Å². The fourth-order valence-corrected chi connectivity index (χ4v) is 3.71. The third kappa shape index (κ3) is 3.71. The lowest BCUT2D eigenvalue weighted by atomic mass is 10.0. The minimum Gasteiger partial charge on any atom is -0.325 e. The summed E-state index contributed by atoms with van der Waals surface area (Å²) in [5.74, 6) is 1.26. The Balaban J connectivity index is 1.63. The number of rotatable bonds is 4. The minimum absolute atomic E-state index is 0.526. The van der Waals surface area contributed by atoms with Crippen LogP contribution in [-0.2, 0) is 6.54 Å². The zero-order valence-corrected chi connectivity index (χ0v) is 16.5. The van der Waals surface area contributed by atoms with Crippen LogP contribution in [0.5, 0.6) is 0 Å². The van der Waals surface area contributed by atoms with Crippen molar-refractivity contribution < 1.29 is 0 Å². The first-order valence-corrected chi connectivity index (χ1v) is 10.00. The second kappa shape index (κ2) is 7.48. The van der Waals surface area contributed by atoms with Crippen molar-refractivity contribution in [1.29, 1.82) is 0 Å². The Kier molecular flexibility index (Phi) is 4.90. The molecule has 2 heterocycles. The second-order valence-electron chi connectivity index (χ2n) is 6.80. The normalized spacial score (nSPS) is 13.1. The zero-order valence-electron chi connectivity index (χ0n) is 15.7. The number of benzene rings is 2. The Hall–Kier alpha value is -2.73. The monoisotopic (exact) mass is 377 g/mol. The number of guanidine groups is 1. The summed E-state index contributed by atoms with van der Waals surface area (Å²) in [7, 11) is 0. The van der Waals surface area contributed by atoms with Gasteiger partial charge in [-0.2, -0.15) is 5.10 Å². The molecule has 4 rings (SSSR count). The number of anilines is 1. The highest BCUT2D eigenvalue weighted by molar-refractivity contribution is 7.98. The highest BCUT2D eigenvalue weighted by atomic mass is 32.2. The molecule has 2 aromatic carbocycles. The second-order valence-corrected chi connectivity index (χ2v) is 7.65. The largest absolute Gasteiger partial charge is 0.325 e. The van der Waals surface area contributed by atoms with Crippen LogP contribution in [0, 0.1) is 0 Å². The summed E-state index contributed by atoms with van der Waals surface area (Å²) in [4.78, 5) is 5.95. The predicted molar refractivity (Wildman–Crippen MR) is 114 cm³/mol. The molecular formula is C21H23N5S. The van der Waals surface area contributed by atoms with Gasteiger partial charge in [-0.05, 0) is 48.6 Å². The SMILES string of the molecule is CCn1cc(-c2cccc3c2N=C(Nc2ccc(C(C)C)cc2)NS3)cn1. The summed E-state index contributed by atoms with van der Waals surface area (Å²) in [6, 6.07) is 14.7. The Bertz CT molecular complexity index is 972. The van der Waals surface area contributed by atoms with Crippen molar-refractivity contribution in [1.82, 2.24) is 14.5 Å². The van der Waals surface area contributed by atoms with Gasteiger partial charge >= 0.3 is 0 Å². The number of nitrogens with zero attached hydrogens (tertiary/aromatic N) is 3. The van der Waals surface area contributed by atoms with Crippen molar-refractivity contribution >= 4 is 29.3 Å². The van der Waals surface area contributed by atoms with Crippen LogP contribution in [0.4, 0.5) is 11.4 Å². The predicted octanol–water partition coefficient (Wildman–Crippen LogP) is 5.40. The van der Waals surface area contributed by atoms with E-state index in [1.807, 2.05) is 10.9 Å². The van der Waals surface area contributed by atoms with Gasteiger partial charge in [0.15, 0.2) is 0 Å². The first-order chi connectivity index (χ1) is 13.1. The maximum Gasteiger partial charge on any atom is 0.211 e. The van der Waals surface area contributed by atoms with Gasteiger partial charge in [0.05, 0.1) is 16.8 Å². The molecule has 6 heteroatoms. The fourth-order valence-electron chi connectivity index (χ4n) is 3.01. The summed E-state index contributed by atoms with van der Waals surface area (Å²) >= 11 is 1.57. The third-order valence-corrected chi connectivity index (χ3v) is 5.43. The van der Waals surface area contributed by atoms with Gasteiger partial charge in [-0.25, -0.2) is 4.99 Å². The Morgan fingerprint density at radius 1 is 1.15 bits per heavy atom. The minimum atomic E-state index is 0.526. The molecule has 0 saturated carbocycles. The van der Waals surface area contributed by atoms with E-state index in [9.17, 15) is 0 Å². The van der Waals surface area contributed by atoms with Gasteiger partial charge in [0, 0.05) is 29.6 Å². The van der Waals surface area contributed by atoms with Crippen LogP contribution in [0.2, 0.25) is 0 Å². The third-order valence-electron chi connectivity index (χ3n) is 4.59. The van der Waals surface area contributed by atoms with Crippen molar-refractivity contribution in [2.75, 3.05) is 5.32 Å². The summed E-state index contributed by atoms with van der Waals surface area (Å²) in [6.45, 7) is 7.34. The molecule has 3 aromatic rings. The molecule has 27 heavy (non-hydrogen) atoms. The number of hydrogen-bond acceptors (Lipinski definition) is 5. The van der Waals surface area contributed by atoms with Gasteiger partial charge in [0.25, 0.3) is 0 Å². The Labute approximate surface area is 164 Å². The molecule has 2 N–H and O–H groups in total. The van der Waals surface area contributed by atoms with Crippen molar-refractivity contribution in [3.05, 3.63) is 60.4 Å². The van der Waals surface area contributed by atoms with E-state index >= 15 is 0 Å². The van der Waals surface area contributed by atoms with Gasteiger partial charge < -0.3 is 5.32 Å². The fraction of sp³-hybridized carbons (Fsp3) is 0.238. The standard InChI is InChI=1S/C21H23N5S/c1-4-26-13-16(12-22-26)18-6-5-7-19-20(18)24-21(25-27-19)23-17-10-8-15(9-11-17)14(2)3/h5-14H,4H2,1-3H3,(H2,23,24,25). The van der Waals surface area contributed by atoms with Crippen molar-refractivity contribution in [3.63, 3.8) is 0 Å². The first kappa shape index (κ1) is 17.7. The number of nitrogens with one attached hydrogen (secondary N) is 2. The molecular weight excluding hydrogens is 354 g/mol. The van der Waals surface area contributed by atoms with Crippen LogP contribution >= 0.6 is 11.9 Å². The molecule has 1 aliphatic heterocycles. The van der Waals surface area contributed by atoms with Crippen LogP contribution in [0.25, 0.3) is 11.1 Å². The quantitative estimate of drug-likeness (QED) is 0.598. The Morgan fingerprint density at radius 2 is 1.96 bits per heavy atom. The van der Waals surface area contributed by atoms with E-state index in [0.29, 0.717) is 5.92 Å². The highest BCUT2D eigenvalue weighted by Crippen LogP contribution is 2.39. The van der Waals surface area contributed by atoms with Gasteiger partial charge in [0.2, 0.25) is 5.96 Å². The molecule has 1 aliphatic rings. The molecule has 138 valence electrons. The molecule has 0 fully saturated rings. The van der Waals surface area contributed by atoms with Crippen LogP contribution in [0.15, 0.2) is 64.7 Å². The van der Waals surface area contributed by atoms with Crippen molar-refractivity contribution in [2.45, 2.75) is 38.1 Å². The van der Waals surface area contributed by atoms with E-state index < -0.39 is 0 Å². The van der Waals surface area contributed by atoms with E-state index in [2.05, 4.69) is 84.6 Å². The maximum atomic E-state index is 4.85. The molecule has 0 radical (unpaired) electrons. The van der Waals surface area contributed by atoms with Gasteiger partial charge in [-0.3, -0.25) is 9.40 Å². The lowest BCUT2D eigenvalue weighted by molar-refractivity contribution is 0.660. The number of aliphatic imine (C=N–C) groups is 1. The van der Waals surface area contributed by atoms with Crippen LogP contribution < -0.4 is 10.0 Å². The molecule has 5 nitrogen and oxygen atoms in total. The summed E-state index contributed by atoms with van der Waals surface area (Å²) < 4.78 is 5.22. The first-order valence-electron chi connectivity index (χ1n) is 9.18. The molecule has 0 saturated heterocycles. The highest BCUT2D eigenvalue weighted by Gasteiger charge is 2.17. The summed E-state index contributed by atoms with van der Waals surface area (Å²) in [5, 5.41) is 7.78. The number of aryl methyl sites for hydroxylation is 1. The average molecular weight is 378 g/mol. The maximum absolute atomic E-state index is 4.85. The molecule has 1 aromatic heterocycles. The van der Waals surface area contributed by atoms with Crippen LogP contribution in [0.3, 0.4) is 0 Å². The van der Waals surface area contributed by atoms with Crippen LogP contribution in [-0.4, -0.2) is 15.7 Å². The molecule has 0 bridgehead atoms. The van der Waals surface area contributed by atoms with Gasteiger partial charge in [-0.15, -0.1) is 0 Å². The molecule has 0 atom stereocenters. The molecule has 0 amide bonds. The topological polar surface area (TPSA) is 54.2 Å². The number of aromatic nitrogens is 2. The van der Waals surface area contributed by atoms with E-state index in [-0.39, 0.29) is 0 Å². The summed E-state index contributed by atoms with van der Waals surface area (Å²) in [6.07, 6.45) is 3.97. The lowest BCUT2D eigenvalue weighted by Gasteiger charge is -2.19. The summed E-state index contributed by atoms with van der Waals surface area (Å²) in [5.41, 5.74) is 5.49. The number of para-hydroxylation sites is 1. The van der Waals surface area contributed by atoms with E-state index in [0.717, 1.165) is 39.9 Å². The van der Waals surface area contributed by atoms with Gasteiger partial charge in [0.1, 0.15) is 0 Å². The van der Waals surface area contributed by atoms with Crippen LogP contribution in [0.1, 0.15) is 32.3 Å². The van der Waals surface area contributed by atoms with Crippen molar-refractivity contribution in [2.24, 2.45) is 4.99 Å². The molecule has 0 spiro atoms. The van der Waals surface area contributed by atoms with Gasteiger partial charge in [-0.1, -0.05) is 38.1 Å². The Morgan fingerprint density at radius 3 is 2.67 bits per heavy atom. The number of hydrogen-bond donors (Lipinski definition) is 2. The van der Waals surface area contributed by atoms with E-state index in [1.165, 1.54) is 5.56 Å². The van der Waals surface area contributed by atoms with Crippen molar-refractivity contribution in [3.8, 4) is 11.1 Å². The number of fused-ring (bicyclic) bond motifs is 1. The molecule has 0 unspecified atom stereocenters. The molecule has 0 aliphatic carbocycles. The average Bonchev–Trinajstić information content (AvgIpc) is 3.17. The smallest absolute Gasteiger partial charge is 0.211 e. The lowest BCUT2D eigenvalue weighted by Crippen LogP contribution is -2.26. The van der Waals surface area contributed by atoms with E-state index in [1.54, 1.807) is 11.9 Å². The zero-order chi connectivity index (χ0) is 18.8.